The number of alkyl carbamates (subject to hydrolysis) is 1. The second kappa shape index (κ2) is 6.57. The van der Waals surface area contributed by atoms with Gasteiger partial charge in [0, 0.05) is 18.3 Å². The van der Waals surface area contributed by atoms with Gasteiger partial charge >= 0.3 is 11.8 Å². The highest BCUT2D eigenvalue weighted by atomic mass is 35.5. The predicted molar refractivity (Wildman–Crippen MR) is 85.7 cm³/mol. The van der Waals surface area contributed by atoms with Crippen LogP contribution in [-0.4, -0.2) is 33.7 Å². The van der Waals surface area contributed by atoms with Gasteiger partial charge in [0.2, 0.25) is 5.15 Å². The highest BCUT2D eigenvalue weighted by Gasteiger charge is 2.33. The maximum atomic E-state index is 11.6. The molecule has 0 bridgehead atoms. The van der Waals surface area contributed by atoms with E-state index in [1.54, 1.807) is 20.8 Å². The van der Waals surface area contributed by atoms with Crippen molar-refractivity contribution in [2.24, 2.45) is 0 Å². The van der Waals surface area contributed by atoms with Gasteiger partial charge in [-0.15, -0.1) is 0 Å². The fourth-order valence-corrected chi connectivity index (χ4v) is 2.49. The molecular formula is C14H19ClN4O4. The summed E-state index contributed by atoms with van der Waals surface area (Å²) in [5.41, 5.74) is -0.451. The van der Waals surface area contributed by atoms with Crippen LogP contribution in [0.5, 0.6) is 0 Å². The number of anilines is 1. The fourth-order valence-electron chi connectivity index (χ4n) is 2.27. The summed E-state index contributed by atoms with van der Waals surface area (Å²) in [5, 5.41) is 16.7. The lowest BCUT2D eigenvalue weighted by molar-refractivity contribution is -0.384. The minimum absolute atomic E-state index is 0.0151. The van der Waals surface area contributed by atoms with Crippen molar-refractivity contribution in [1.29, 1.82) is 0 Å². The topological polar surface area (TPSA) is 106 Å². The Hall–Kier alpha value is -2.09. The number of hydrogen-bond donors (Lipinski definition) is 2. The number of nitro groups is 1. The number of nitrogens with zero attached hydrogens (tertiary/aromatic N) is 2. The van der Waals surface area contributed by atoms with E-state index in [0.717, 1.165) is 0 Å². The zero-order valence-electron chi connectivity index (χ0n) is 13.1. The molecule has 0 atom stereocenters. The molecule has 9 heteroatoms. The molecule has 0 radical (unpaired) electrons. The summed E-state index contributed by atoms with van der Waals surface area (Å²) in [4.78, 5) is 25.8. The second-order valence-electron chi connectivity index (χ2n) is 6.41. The van der Waals surface area contributed by atoms with Gasteiger partial charge in [0.15, 0.2) is 0 Å². The number of ether oxygens (including phenoxy) is 1. The third-order valence-corrected chi connectivity index (χ3v) is 3.56. The van der Waals surface area contributed by atoms with Gasteiger partial charge in [-0.05, 0) is 39.7 Å². The van der Waals surface area contributed by atoms with Crippen molar-refractivity contribution in [3.63, 3.8) is 0 Å². The van der Waals surface area contributed by atoms with Crippen molar-refractivity contribution >= 4 is 29.1 Å². The normalized spacial score (nSPS) is 20.3. The highest BCUT2D eigenvalue weighted by Crippen LogP contribution is 2.33. The maximum absolute atomic E-state index is 11.6. The number of nitrogens with one attached hydrogen (secondary N) is 2. The minimum atomic E-state index is -0.563. The van der Waals surface area contributed by atoms with Gasteiger partial charge in [-0.1, -0.05) is 11.6 Å². The Morgan fingerprint density at radius 1 is 1.43 bits per heavy atom. The average molecular weight is 343 g/mol. The molecule has 8 nitrogen and oxygen atoms in total. The van der Waals surface area contributed by atoms with Crippen molar-refractivity contribution in [3.8, 4) is 0 Å². The molecule has 0 saturated heterocycles. The molecule has 0 spiro atoms. The third-order valence-electron chi connectivity index (χ3n) is 3.28. The van der Waals surface area contributed by atoms with E-state index in [1.807, 2.05) is 0 Å². The summed E-state index contributed by atoms with van der Waals surface area (Å²) in [6, 6.07) is 1.52. The standard InChI is InChI=1S/C14H19ClN4O4/c1-14(2,3)23-13(20)18-9-6-8(7-9)17-10-4-5-16-12(15)11(10)19(21)22/h4-5,8-9H,6-7H2,1-3H3,(H,16,17)(H,18,20). The molecule has 23 heavy (non-hydrogen) atoms. The summed E-state index contributed by atoms with van der Waals surface area (Å²) in [6.07, 6.45) is 2.25. The smallest absolute Gasteiger partial charge is 0.407 e. The van der Waals surface area contributed by atoms with E-state index in [4.69, 9.17) is 16.3 Å². The molecule has 0 aromatic carbocycles. The van der Waals surface area contributed by atoms with E-state index in [9.17, 15) is 14.9 Å². The van der Waals surface area contributed by atoms with E-state index in [0.29, 0.717) is 18.5 Å². The monoisotopic (exact) mass is 342 g/mol. The third kappa shape index (κ3) is 4.69. The van der Waals surface area contributed by atoms with Gasteiger partial charge in [-0.2, -0.15) is 0 Å². The Labute approximate surface area is 138 Å². The van der Waals surface area contributed by atoms with E-state index >= 15 is 0 Å². The van der Waals surface area contributed by atoms with Crippen LogP contribution in [0.3, 0.4) is 0 Å². The second-order valence-corrected chi connectivity index (χ2v) is 6.77. The predicted octanol–water partition coefficient (Wildman–Crippen LogP) is 3.11. The zero-order chi connectivity index (χ0) is 17.2. The lowest BCUT2D eigenvalue weighted by Crippen LogP contribution is -2.50. The minimum Gasteiger partial charge on any atom is -0.444 e. The molecule has 1 amide bonds. The molecule has 2 rings (SSSR count). The van der Waals surface area contributed by atoms with Crippen molar-refractivity contribution in [3.05, 3.63) is 27.5 Å². The largest absolute Gasteiger partial charge is 0.444 e. The molecule has 1 fully saturated rings. The van der Waals surface area contributed by atoms with Gasteiger partial charge in [0.25, 0.3) is 0 Å². The van der Waals surface area contributed by atoms with Crippen LogP contribution in [-0.2, 0) is 4.74 Å². The first kappa shape index (κ1) is 17.3. The van der Waals surface area contributed by atoms with E-state index in [2.05, 4.69) is 15.6 Å². The molecule has 1 aliphatic rings. The van der Waals surface area contributed by atoms with Gasteiger partial charge in [0.1, 0.15) is 11.3 Å². The Bertz CT molecular complexity index is 611. The number of halogens is 1. The Balaban J connectivity index is 1.86. The number of carbonyl (C=O) groups is 1. The van der Waals surface area contributed by atoms with Gasteiger partial charge in [-0.3, -0.25) is 10.1 Å². The zero-order valence-corrected chi connectivity index (χ0v) is 13.9. The number of aromatic nitrogens is 1. The highest BCUT2D eigenvalue weighted by molar-refractivity contribution is 6.32. The van der Waals surface area contributed by atoms with Crippen LogP contribution >= 0.6 is 11.6 Å². The SMILES string of the molecule is CC(C)(C)OC(=O)NC1CC(Nc2ccnc(Cl)c2[N+](=O)[O-])C1. The first-order chi connectivity index (χ1) is 10.7. The molecule has 126 valence electrons. The van der Waals surface area contributed by atoms with Crippen LogP contribution in [0.4, 0.5) is 16.2 Å². The van der Waals surface area contributed by atoms with Gasteiger partial charge < -0.3 is 15.4 Å². The number of hydrogen-bond acceptors (Lipinski definition) is 6. The number of rotatable bonds is 4. The van der Waals surface area contributed by atoms with Crippen LogP contribution in [0.2, 0.25) is 5.15 Å². The van der Waals surface area contributed by atoms with Gasteiger partial charge in [-0.25, -0.2) is 9.78 Å². The first-order valence-electron chi connectivity index (χ1n) is 7.20. The lowest BCUT2D eigenvalue weighted by Gasteiger charge is -2.37. The summed E-state index contributed by atoms with van der Waals surface area (Å²) in [5.74, 6) is 0. The first-order valence-corrected chi connectivity index (χ1v) is 7.58. The number of pyridine rings is 1. The van der Waals surface area contributed by atoms with E-state index in [1.165, 1.54) is 12.3 Å². The Morgan fingerprint density at radius 3 is 2.65 bits per heavy atom. The number of carbonyl (C=O) groups excluding carboxylic acids is 1. The molecule has 1 aliphatic carbocycles. The molecule has 1 aromatic heterocycles. The lowest BCUT2D eigenvalue weighted by atomic mass is 9.86. The number of amides is 1. The van der Waals surface area contributed by atoms with Crippen LogP contribution in [0, 0.1) is 10.1 Å². The molecule has 1 aromatic rings. The summed E-state index contributed by atoms with van der Waals surface area (Å²) in [6.45, 7) is 5.39. The summed E-state index contributed by atoms with van der Waals surface area (Å²) >= 11 is 5.76. The molecular weight excluding hydrogens is 324 g/mol. The van der Waals surface area contributed by atoms with E-state index in [-0.39, 0.29) is 22.9 Å². The van der Waals surface area contributed by atoms with Crippen LogP contribution in [0.15, 0.2) is 12.3 Å². The maximum Gasteiger partial charge on any atom is 0.407 e. The molecule has 0 unspecified atom stereocenters. The molecule has 1 saturated carbocycles. The van der Waals surface area contributed by atoms with Crippen LogP contribution in [0.1, 0.15) is 33.6 Å². The van der Waals surface area contributed by atoms with Crippen molar-refractivity contribution in [2.45, 2.75) is 51.3 Å². The summed E-state index contributed by atoms with van der Waals surface area (Å²) < 4.78 is 5.18. The van der Waals surface area contributed by atoms with Crippen molar-refractivity contribution < 1.29 is 14.5 Å². The van der Waals surface area contributed by atoms with E-state index < -0.39 is 16.6 Å². The van der Waals surface area contributed by atoms with Crippen molar-refractivity contribution in [1.82, 2.24) is 10.3 Å². The Morgan fingerprint density at radius 2 is 2.09 bits per heavy atom. The van der Waals surface area contributed by atoms with Gasteiger partial charge in [0.05, 0.1) is 4.92 Å². The Kier molecular flexibility index (Phi) is 4.93. The summed E-state index contributed by atoms with van der Waals surface area (Å²) in [7, 11) is 0. The van der Waals surface area contributed by atoms with Crippen LogP contribution in [0.25, 0.3) is 0 Å². The molecule has 0 aliphatic heterocycles. The average Bonchev–Trinajstić information content (AvgIpc) is 2.33. The fraction of sp³-hybridized carbons (Fsp3) is 0.571. The quantitative estimate of drug-likeness (QED) is 0.494. The molecule has 2 N–H and O–H groups in total. The van der Waals surface area contributed by atoms with Crippen molar-refractivity contribution in [2.75, 3.05) is 5.32 Å². The van der Waals surface area contributed by atoms with Crippen LogP contribution < -0.4 is 10.6 Å². The molecule has 1 heterocycles.